The highest BCUT2D eigenvalue weighted by molar-refractivity contribution is 7.17. The van der Waals surface area contributed by atoms with E-state index in [1.165, 1.54) is 15.9 Å². The molecule has 4 nitrogen and oxygen atoms in total. The summed E-state index contributed by atoms with van der Waals surface area (Å²) in [6.45, 7) is 3.73. The van der Waals surface area contributed by atoms with E-state index in [1.54, 1.807) is 6.07 Å². The van der Waals surface area contributed by atoms with Crippen LogP contribution in [0.1, 0.15) is 25.7 Å². The normalized spacial score (nSPS) is 10.8. The summed E-state index contributed by atoms with van der Waals surface area (Å²) in [5.74, 6) is 0.181. The standard InChI is InChI=1S/C10H9N3OS/c1-6(2)13-8(5-11)12-7-3-4-15-9(7)10(13)14/h3-4,6H,1-2H3. The van der Waals surface area contributed by atoms with Crippen molar-refractivity contribution < 1.29 is 0 Å². The minimum absolute atomic E-state index is 0.0499. The molecule has 0 saturated carbocycles. The molecule has 0 atom stereocenters. The van der Waals surface area contributed by atoms with Crippen molar-refractivity contribution >= 4 is 21.6 Å². The van der Waals surface area contributed by atoms with E-state index in [9.17, 15) is 4.79 Å². The van der Waals surface area contributed by atoms with Crippen molar-refractivity contribution in [3.8, 4) is 6.07 Å². The van der Waals surface area contributed by atoms with Crippen molar-refractivity contribution in [3.63, 3.8) is 0 Å². The maximum Gasteiger partial charge on any atom is 0.272 e. The molecule has 76 valence electrons. The molecule has 15 heavy (non-hydrogen) atoms. The number of rotatable bonds is 1. The Balaban J connectivity index is 2.94. The summed E-state index contributed by atoms with van der Waals surface area (Å²) in [5.41, 5.74) is 0.486. The van der Waals surface area contributed by atoms with Gasteiger partial charge in [-0.2, -0.15) is 5.26 Å². The predicted octanol–water partition coefficient (Wildman–Crippen LogP) is 1.91. The fourth-order valence-electron chi connectivity index (χ4n) is 1.48. The van der Waals surface area contributed by atoms with Gasteiger partial charge < -0.3 is 0 Å². The molecule has 0 radical (unpaired) electrons. The molecule has 2 rings (SSSR count). The zero-order valence-corrected chi connectivity index (χ0v) is 9.21. The van der Waals surface area contributed by atoms with Crippen LogP contribution in [0.5, 0.6) is 0 Å². The van der Waals surface area contributed by atoms with Crippen molar-refractivity contribution in [1.82, 2.24) is 9.55 Å². The van der Waals surface area contributed by atoms with Gasteiger partial charge in [-0.05, 0) is 25.3 Å². The van der Waals surface area contributed by atoms with Gasteiger partial charge in [-0.3, -0.25) is 9.36 Å². The average molecular weight is 219 g/mol. The van der Waals surface area contributed by atoms with E-state index in [4.69, 9.17) is 5.26 Å². The molecule has 0 aliphatic heterocycles. The Hall–Kier alpha value is -1.67. The van der Waals surface area contributed by atoms with E-state index in [1.807, 2.05) is 25.3 Å². The second-order valence-electron chi connectivity index (χ2n) is 3.45. The number of aromatic nitrogens is 2. The topological polar surface area (TPSA) is 58.7 Å². The molecule has 0 amide bonds. The second kappa shape index (κ2) is 3.48. The van der Waals surface area contributed by atoms with Crippen LogP contribution in [-0.4, -0.2) is 9.55 Å². The first-order valence-electron chi connectivity index (χ1n) is 4.55. The van der Waals surface area contributed by atoms with Gasteiger partial charge in [0.1, 0.15) is 10.8 Å². The first-order valence-corrected chi connectivity index (χ1v) is 5.43. The Bertz CT molecular complexity index is 603. The molecule has 2 heterocycles. The molecule has 0 N–H and O–H groups in total. The molecule has 5 heteroatoms. The lowest BCUT2D eigenvalue weighted by Crippen LogP contribution is -2.25. The van der Waals surface area contributed by atoms with Crippen LogP contribution in [0.2, 0.25) is 0 Å². The highest BCUT2D eigenvalue weighted by Gasteiger charge is 2.13. The van der Waals surface area contributed by atoms with Gasteiger partial charge in [-0.1, -0.05) is 0 Å². The Morgan fingerprint density at radius 1 is 1.60 bits per heavy atom. The van der Waals surface area contributed by atoms with E-state index in [-0.39, 0.29) is 17.4 Å². The van der Waals surface area contributed by atoms with Gasteiger partial charge in [-0.15, -0.1) is 11.3 Å². The first-order chi connectivity index (χ1) is 7.15. The van der Waals surface area contributed by atoms with Crippen LogP contribution >= 0.6 is 11.3 Å². The maximum atomic E-state index is 12.0. The quantitative estimate of drug-likeness (QED) is 0.736. The molecule has 0 unspecified atom stereocenters. The van der Waals surface area contributed by atoms with E-state index in [2.05, 4.69) is 4.98 Å². The molecule has 2 aromatic heterocycles. The third-order valence-corrected chi connectivity index (χ3v) is 3.02. The molecule has 0 aliphatic carbocycles. The molecular weight excluding hydrogens is 210 g/mol. The lowest BCUT2D eigenvalue weighted by Gasteiger charge is -2.10. The smallest absolute Gasteiger partial charge is 0.272 e. The Kier molecular flexibility index (Phi) is 2.29. The van der Waals surface area contributed by atoms with Crippen LogP contribution in [-0.2, 0) is 0 Å². The number of nitrogens with zero attached hydrogens (tertiary/aromatic N) is 3. The van der Waals surface area contributed by atoms with Gasteiger partial charge in [0, 0.05) is 6.04 Å². The lowest BCUT2D eigenvalue weighted by atomic mass is 10.3. The van der Waals surface area contributed by atoms with E-state index in [0.29, 0.717) is 10.2 Å². The monoisotopic (exact) mass is 219 g/mol. The zero-order valence-electron chi connectivity index (χ0n) is 8.39. The summed E-state index contributed by atoms with van der Waals surface area (Å²) >= 11 is 1.36. The van der Waals surface area contributed by atoms with Crippen LogP contribution in [0.15, 0.2) is 16.2 Å². The number of nitriles is 1. The summed E-state index contributed by atoms with van der Waals surface area (Å²) in [6, 6.07) is 3.66. The summed E-state index contributed by atoms with van der Waals surface area (Å²) in [5, 5.41) is 10.7. The van der Waals surface area contributed by atoms with Gasteiger partial charge in [0.2, 0.25) is 5.82 Å². The molecule has 0 fully saturated rings. The Morgan fingerprint density at radius 3 is 2.93 bits per heavy atom. The van der Waals surface area contributed by atoms with Crippen LogP contribution < -0.4 is 5.56 Å². The van der Waals surface area contributed by atoms with Crippen molar-refractivity contribution in [1.29, 1.82) is 5.26 Å². The summed E-state index contributed by atoms with van der Waals surface area (Å²) < 4.78 is 2.04. The zero-order chi connectivity index (χ0) is 11.0. The van der Waals surface area contributed by atoms with Crippen LogP contribution in [0.25, 0.3) is 10.2 Å². The van der Waals surface area contributed by atoms with Crippen LogP contribution in [0.3, 0.4) is 0 Å². The van der Waals surface area contributed by atoms with Crippen LogP contribution in [0, 0.1) is 11.3 Å². The average Bonchev–Trinajstić information content (AvgIpc) is 2.64. The first kappa shape index (κ1) is 9.87. The molecule has 0 aromatic carbocycles. The number of hydrogen-bond donors (Lipinski definition) is 0. The summed E-state index contributed by atoms with van der Waals surface area (Å²) in [7, 11) is 0. The maximum absolute atomic E-state index is 12.0. The third-order valence-electron chi connectivity index (χ3n) is 2.13. The SMILES string of the molecule is CC(C)n1c(C#N)nc2ccsc2c1=O. The Morgan fingerprint density at radius 2 is 2.33 bits per heavy atom. The van der Waals surface area contributed by atoms with Crippen molar-refractivity contribution in [2.45, 2.75) is 19.9 Å². The largest absolute Gasteiger partial charge is 0.280 e. The molecule has 0 saturated heterocycles. The Labute approximate surface area is 90.4 Å². The predicted molar refractivity (Wildman–Crippen MR) is 59.0 cm³/mol. The van der Waals surface area contributed by atoms with E-state index in [0.717, 1.165) is 0 Å². The van der Waals surface area contributed by atoms with Gasteiger partial charge in [0.05, 0.1) is 5.52 Å². The van der Waals surface area contributed by atoms with Gasteiger partial charge in [0.15, 0.2) is 0 Å². The molecular formula is C10H9N3OS. The number of thiophene rings is 1. The molecule has 0 bridgehead atoms. The van der Waals surface area contributed by atoms with Crippen molar-refractivity contribution in [3.05, 3.63) is 27.6 Å². The highest BCUT2D eigenvalue weighted by atomic mass is 32.1. The van der Waals surface area contributed by atoms with E-state index >= 15 is 0 Å². The fraction of sp³-hybridized carbons (Fsp3) is 0.300. The lowest BCUT2D eigenvalue weighted by molar-refractivity contribution is 0.566. The van der Waals surface area contributed by atoms with Crippen LogP contribution in [0.4, 0.5) is 0 Å². The second-order valence-corrected chi connectivity index (χ2v) is 4.37. The fourth-order valence-corrected chi connectivity index (χ4v) is 2.25. The van der Waals surface area contributed by atoms with Crippen molar-refractivity contribution in [2.75, 3.05) is 0 Å². The van der Waals surface area contributed by atoms with Gasteiger partial charge in [-0.25, -0.2) is 4.98 Å². The molecule has 0 spiro atoms. The van der Waals surface area contributed by atoms with Gasteiger partial charge >= 0.3 is 0 Å². The highest BCUT2D eigenvalue weighted by Crippen LogP contribution is 2.16. The van der Waals surface area contributed by atoms with Gasteiger partial charge in [0.25, 0.3) is 5.56 Å². The summed E-state index contributed by atoms with van der Waals surface area (Å²) in [4.78, 5) is 16.1. The minimum Gasteiger partial charge on any atom is -0.280 e. The number of fused-ring (bicyclic) bond motifs is 1. The molecule has 0 aliphatic rings. The van der Waals surface area contributed by atoms with Crippen molar-refractivity contribution in [2.24, 2.45) is 0 Å². The van der Waals surface area contributed by atoms with E-state index < -0.39 is 0 Å². The third kappa shape index (κ3) is 1.43. The number of hydrogen-bond acceptors (Lipinski definition) is 4. The summed E-state index contributed by atoms with van der Waals surface area (Å²) in [6.07, 6.45) is 0. The minimum atomic E-state index is -0.124. The molecule has 2 aromatic rings.